The van der Waals surface area contributed by atoms with E-state index in [1.165, 1.54) is 22.5 Å². The second kappa shape index (κ2) is 9.71. The summed E-state index contributed by atoms with van der Waals surface area (Å²) in [7, 11) is 1.47. The molecule has 3 nitrogen and oxygen atoms in total. The highest BCUT2D eigenvalue weighted by Crippen LogP contribution is 2.20. The van der Waals surface area contributed by atoms with Crippen molar-refractivity contribution in [1.29, 1.82) is 0 Å². The second-order valence-corrected chi connectivity index (χ2v) is 6.07. The number of esters is 1. The lowest BCUT2D eigenvalue weighted by atomic mass is 10.0. The summed E-state index contributed by atoms with van der Waals surface area (Å²) in [4.78, 5) is 15.0. The van der Waals surface area contributed by atoms with E-state index < -0.39 is 0 Å². The zero-order chi connectivity index (χ0) is 15.9. The molecule has 0 bridgehead atoms. The van der Waals surface area contributed by atoms with E-state index in [-0.39, 0.29) is 24.4 Å². The van der Waals surface area contributed by atoms with Crippen LogP contribution in [0.1, 0.15) is 35.9 Å². The van der Waals surface area contributed by atoms with Gasteiger partial charge in [-0.25, -0.2) is 4.79 Å². The molecule has 0 radical (unpaired) electrons. The predicted molar refractivity (Wildman–Crippen MR) is 90.1 cm³/mol. The number of halogens is 1. The first-order valence-electron chi connectivity index (χ1n) is 7.82. The molecule has 1 aromatic heterocycles. The Morgan fingerprint density at radius 3 is 2.57 bits per heavy atom. The Morgan fingerprint density at radius 1 is 1.22 bits per heavy atom. The number of fused-ring (bicyclic) bond motifs is 1. The molecule has 126 valence electrons. The van der Waals surface area contributed by atoms with Crippen molar-refractivity contribution in [2.45, 2.75) is 32.9 Å². The van der Waals surface area contributed by atoms with Crippen LogP contribution in [0, 0.1) is 0 Å². The number of benzene rings is 1. The van der Waals surface area contributed by atoms with E-state index in [4.69, 9.17) is 4.74 Å². The van der Waals surface area contributed by atoms with Gasteiger partial charge in [0, 0.05) is 22.4 Å². The van der Waals surface area contributed by atoms with Gasteiger partial charge in [0.05, 0.1) is 13.7 Å². The molecule has 1 aliphatic heterocycles. The summed E-state index contributed by atoms with van der Waals surface area (Å²) in [6, 6.07) is 11.9. The molecule has 2 heterocycles. The first-order valence-corrected chi connectivity index (χ1v) is 8.70. The monoisotopic (exact) mass is 353 g/mol. The molecule has 0 saturated carbocycles. The van der Waals surface area contributed by atoms with Gasteiger partial charge in [-0.3, -0.25) is 0 Å². The summed E-state index contributed by atoms with van der Waals surface area (Å²) in [6.07, 6.45) is 1.04. The van der Waals surface area contributed by atoms with Crippen molar-refractivity contribution >= 4 is 17.3 Å². The molecule has 5 heteroatoms. The fourth-order valence-corrected chi connectivity index (χ4v) is 3.81. The molecule has 0 spiro atoms. The number of nitrogens with one attached hydrogen (secondary N) is 1. The van der Waals surface area contributed by atoms with Crippen LogP contribution < -0.4 is 17.3 Å². The first kappa shape index (κ1) is 19.7. The van der Waals surface area contributed by atoms with Crippen LogP contribution in [-0.4, -0.2) is 19.6 Å². The number of quaternary nitrogens is 1. The second-order valence-electron chi connectivity index (χ2n) is 5.07. The summed E-state index contributed by atoms with van der Waals surface area (Å²) in [5.74, 6) is -0.148. The Labute approximate surface area is 148 Å². The van der Waals surface area contributed by atoms with Crippen LogP contribution >= 0.6 is 11.3 Å². The Balaban J connectivity index is 0.000000849. The van der Waals surface area contributed by atoms with Crippen LogP contribution in [0.3, 0.4) is 0 Å². The molecule has 1 N–H and O–H groups in total. The van der Waals surface area contributed by atoms with Crippen molar-refractivity contribution < 1.29 is 26.8 Å². The predicted octanol–water partition coefficient (Wildman–Crippen LogP) is -0.366. The zero-order valence-corrected chi connectivity index (χ0v) is 15.4. The standard InChI is InChI=1S/C16H17NO2S.C2H6.ClH/c1-19-16(18)15(12-5-3-2-4-6-12)17-9-7-14-13(11-17)8-10-20-14;1-2;/h2-6,8,10,15H,7,9,11H2,1H3;1-2H3;1H. The lowest BCUT2D eigenvalue weighted by Crippen LogP contribution is -3.12. The zero-order valence-electron chi connectivity index (χ0n) is 13.8. The lowest BCUT2D eigenvalue weighted by Gasteiger charge is -2.30. The number of ether oxygens (including phenoxy) is 1. The molecule has 0 amide bonds. The summed E-state index contributed by atoms with van der Waals surface area (Å²) >= 11 is 1.82. The van der Waals surface area contributed by atoms with Gasteiger partial charge in [-0.2, -0.15) is 0 Å². The van der Waals surface area contributed by atoms with Gasteiger partial charge in [0.25, 0.3) is 0 Å². The highest BCUT2D eigenvalue weighted by Gasteiger charge is 2.35. The average Bonchev–Trinajstić information content (AvgIpc) is 3.05. The molecule has 0 saturated heterocycles. The van der Waals surface area contributed by atoms with Crippen LogP contribution in [0.15, 0.2) is 41.8 Å². The first-order chi connectivity index (χ1) is 10.8. The molecular weight excluding hydrogens is 330 g/mol. The number of hydrogen-bond acceptors (Lipinski definition) is 3. The minimum absolute atomic E-state index is 0. The van der Waals surface area contributed by atoms with Crippen molar-refractivity contribution in [3.63, 3.8) is 0 Å². The van der Waals surface area contributed by atoms with Gasteiger partial charge in [-0.1, -0.05) is 44.2 Å². The Morgan fingerprint density at radius 2 is 1.91 bits per heavy atom. The van der Waals surface area contributed by atoms with E-state index in [9.17, 15) is 4.79 Å². The summed E-state index contributed by atoms with van der Waals surface area (Å²) in [5, 5.41) is 2.14. The molecule has 3 rings (SSSR count). The van der Waals surface area contributed by atoms with Crippen LogP contribution in [0.25, 0.3) is 0 Å². The molecule has 1 aromatic carbocycles. The van der Waals surface area contributed by atoms with E-state index in [1.54, 1.807) is 0 Å². The van der Waals surface area contributed by atoms with Gasteiger partial charge in [0.2, 0.25) is 6.04 Å². The van der Waals surface area contributed by atoms with Gasteiger partial charge in [0.15, 0.2) is 0 Å². The van der Waals surface area contributed by atoms with Crippen LogP contribution in [0.4, 0.5) is 0 Å². The largest absolute Gasteiger partial charge is 1.00 e. The maximum Gasteiger partial charge on any atom is 0.369 e. The molecule has 0 aliphatic carbocycles. The average molecular weight is 354 g/mol. The molecule has 2 atom stereocenters. The smallest absolute Gasteiger partial charge is 0.369 e. The van der Waals surface area contributed by atoms with E-state index in [0.29, 0.717) is 0 Å². The third-order valence-corrected chi connectivity index (χ3v) is 4.93. The van der Waals surface area contributed by atoms with Crippen LogP contribution in [0.5, 0.6) is 0 Å². The normalized spacial score (nSPS) is 16.9. The number of carbonyl (C=O) groups is 1. The van der Waals surface area contributed by atoms with Crippen LogP contribution in [-0.2, 0) is 22.5 Å². The highest BCUT2D eigenvalue weighted by molar-refractivity contribution is 7.10. The van der Waals surface area contributed by atoms with Gasteiger partial charge in [0.1, 0.15) is 6.54 Å². The quantitative estimate of drug-likeness (QED) is 0.764. The minimum atomic E-state index is -0.228. The van der Waals surface area contributed by atoms with E-state index in [2.05, 4.69) is 11.4 Å². The van der Waals surface area contributed by atoms with Gasteiger partial charge in [-0.15, -0.1) is 11.3 Å². The molecule has 23 heavy (non-hydrogen) atoms. The fourth-order valence-electron chi connectivity index (χ4n) is 2.90. The Bertz CT molecular complexity index is 600. The van der Waals surface area contributed by atoms with Crippen LogP contribution in [0.2, 0.25) is 0 Å². The summed E-state index contributed by atoms with van der Waals surface area (Å²) < 4.78 is 5.03. The topological polar surface area (TPSA) is 30.7 Å². The third kappa shape index (κ3) is 4.56. The maximum atomic E-state index is 12.2. The number of hydrogen-bond donors (Lipinski definition) is 1. The van der Waals surface area contributed by atoms with Crippen molar-refractivity contribution in [2.24, 2.45) is 0 Å². The van der Waals surface area contributed by atoms with Gasteiger partial charge < -0.3 is 22.0 Å². The number of methoxy groups -OCH3 is 1. The molecular formula is C18H24ClNO2S. The molecule has 1 aliphatic rings. The van der Waals surface area contributed by atoms with E-state index in [1.807, 2.05) is 55.5 Å². The number of thiophene rings is 1. The molecule has 0 fully saturated rings. The van der Waals surface area contributed by atoms with E-state index in [0.717, 1.165) is 25.1 Å². The molecule has 2 unspecified atom stereocenters. The van der Waals surface area contributed by atoms with Gasteiger partial charge >= 0.3 is 5.97 Å². The Kier molecular flexibility index (Phi) is 8.31. The Hall–Kier alpha value is -1.36. The van der Waals surface area contributed by atoms with Gasteiger partial charge in [-0.05, 0) is 11.4 Å². The minimum Gasteiger partial charge on any atom is -1.00 e. The van der Waals surface area contributed by atoms with Crippen molar-refractivity contribution in [3.05, 3.63) is 57.8 Å². The maximum absolute atomic E-state index is 12.2. The number of rotatable bonds is 3. The lowest BCUT2D eigenvalue weighted by molar-refractivity contribution is -0.938. The number of carbonyl (C=O) groups excluding carboxylic acids is 1. The molecule has 2 aromatic rings. The SMILES string of the molecule is CC.COC(=O)C(c1ccccc1)[NH+]1CCc2sccc2C1.[Cl-]. The van der Waals surface area contributed by atoms with E-state index >= 15 is 0 Å². The summed E-state index contributed by atoms with van der Waals surface area (Å²) in [6.45, 7) is 5.87. The third-order valence-electron chi connectivity index (χ3n) is 3.91. The van der Waals surface area contributed by atoms with Crippen molar-refractivity contribution in [2.75, 3.05) is 13.7 Å². The highest BCUT2D eigenvalue weighted by atomic mass is 35.5. The fraction of sp³-hybridized carbons (Fsp3) is 0.389. The van der Waals surface area contributed by atoms with Crippen molar-refractivity contribution in [3.8, 4) is 0 Å². The summed E-state index contributed by atoms with van der Waals surface area (Å²) in [5.41, 5.74) is 2.41. The van der Waals surface area contributed by atoms with Crippen molar-refractivity contribution in [1.82, 2.24) is 0 Å².